The Morgan fingerprint density at radius 1 is 1.50 bits per heavy atom. The second kappa shape index (κ2) is 5.22. The molecule has 70 valence electrons. The number of hydrogen-bond acceptors (Lipinski definition) is 4. The summed E-state index contributed by atoms with van der Waals surface area (Å²) in [5.41, 5.74) is 0. The van der Waals surface area contributed by atoms with E-state index >= 15 is 0 Å². The minimum absolute atomic E-state index is 0.0746. The topological polar surface area (TPSA) is 44.8 Å². The van der Waals surface area contributed by atoms with Crippen molar-refractivity contribution in [3.63, 3.8) is 0 Å². The van der Waals surface area contributed by atoms with Crippen LogP contribution >= 0.6 is 11.6 Å². The fraction of sp³-hybridized carbons (Fsp3) is 0.857. The Bertz CT molecular complexity index is 144. The van der Waals surface area contributed by atoms with Crippen molar-refractivity contribution in [1.82, 2.24) is 0 Å². The van der Waals surface area contributed by atoms with Gasteiger partial charge < -0.3 is 14.2 Å². The van der Waals surface area contributed by atoms with Crippen LogP contribution in [0.2, 0.25) is 0 Å². The number of alkyl halides is 1. The Hall–Kier alpha value is -0.480. The summed E-state index contributed by atoms with van der Waals surface area (Å²) < 4.78 is 14.4. The van der Waals surface area contributed by atoms with Gasteiger partial charge in [-0.2, -0.15) is 0 Å². The van der Waals surface area contributed by atoms with Crippen molar-refractivity contribution in [1.29, 1.82) is 0 Å². The maximum atomic E-state index is 10.7. The SMILES string of the molecule is O=C(OCCl)OC1CCOCC1. The first kappa shape index (κ1) is 9.61. The Morgan fingerprint density at radius 2 is 2.17 bits per heavy atom. The molecule has 1 saturated heterocycles. The van der Waals surface area contributed by atoms with E-state index < -0.39 is 6.16 Å². The van der Waals surface area contributed by atoms with Crippen molar-refractivity contribution in [2.45, 2.75) is 18.9 Å². The molecular weight excluding hydrogens is 184 g/mol. The molecule has 5 heteroatoms. The molecule has 0 radical (unpaired) electrons. The highest BCUT2D eigenvalue weighted by molar-refractivity contribution is 6.17. The molecule has 1 heterocycles. The largest absolute Gasteiger partial charge is 0.509 e. The highest BCUT2D eigenvalue weighted by Crippen LogP contribution is 2.11. The first-order valence-electron chi connectivity index (χ1n) is 3.80. The quantitative estimate of drug-likeness (QED) is 0.494. The average molecular weight is 195 g/mol. The van der Waals surface area contributed by atoms with Crippen LogP contribution in [0.1, 0.15) is 12.8 Å². The zero-order chi connectivity index (χ0) is 8.81. The van der Waals surface area contributed by atoms with Gasteiger partial charge in [0.25, 0.3) is 0 Å². The molecule has 0 N–H and O–H groups in total. The van der Waals surface area contributed by atoms with Crippen molar-refractivity contribution in [2.75, 3.05) is 19.3 Å². The zero-order valence-corrected chi connectivity index (χ0v) is 7.38. The molecule has 1 fully saturated rings. The van der Waals surface area contributed by atoms with Gasteiger partial charge in [0.2, 0.25) is 0 Å². The number of halogens is 1. The van der Waals surface area contributed by atoms with E-state index in [0.29, 0.717) is 13.2 Å². The summed E-state index contributed by atoms with van der Waals surface area (Å²) in [6, 6.07) is -0.165. The van der Waals surface area contributed by atoms with Crippen LogP contribution in [0.15, 0.2) is 0 Å². The monoisotopic (exact) mass is 194 g/mol. The van der Waals surface area contributed by atoms with Crippen LogP contribution < -0.4 is 0 Å². The third kappa shape index (κ3) is 3.28. The molecule has 12 heavy (non-hydrogen) atoms. The van der Waals surface area contributed by atoms with E-state index in [1.54, 1.807) is 0 Å². The molecule has 1 aliphatic heterocycles. The second-order valence-corrected chi connectivity index (χ2v) is 2.65. The van der Waals surface area contributed by atoms with Crippen molar-refractivity contribution >= 4 is 17.8 Å². The third-order valence-electron chi connectivity index (χ3n) is 1.60. The van der Waals surface area contributed by atoms with E-state index in [4.69, 9.17) is 21.1 Å². The van der Waals surface area contributed by atoms with Crippen LogP contribution in [0.25, 0.3) is 0 Å². The van der Waals surface area contributed by atoms with E-state index in [0.717, 1.165) is 12.8 Å². The molecule has 0 unspecified atom stereocenters. The normalized spacial score (nSPS) is 18.8. The lowest BCUT2D eigenvalue weighted by Crippen LogP contribution is -2.26. The minimum Gasteiger partial charge on any atom is -0.431 e. The summed E-state index contributed by atoms with van der Waals surface area (Å²) >= 11 is 5.17. The summed E-state index contributed by atoms with van der Waals surface area (Å²) in [5.74, 6) is 0. The molecule has 0 saturated carbocycles. The predicted octanol–water partition coefficient (Wildman–Crippen LogP) is 1.51. The van der Waals surface area contributed by atoms with Crippen LogP contribution in [0.5, 0.6) is 0 Å². The summed E-state index contributed by atoms with van der Waals surface area (Å²) in [5, 5.41) is 0. The first-order valence-corrected chi connectivity index (χ1v) is 4.33. The molecule has 1 aliphatic rings. The molecule has 0 bridgehead atoms. The smallest absolute Gasteiger partial charge is 0.431 e. The molecule has 0 spiro atoms. The maximum Gasteiger partial charge on any atom is 0.509 e. The summed E-state index contributed by atoms with van der Waals surface area (Å²) in [7, 11) is 0. The Morgan fingerprint density at radius 3 is 2.75 bits per heavy atom. The molecule has 4 nitrogen and oxygen atoms in total. The van der Waals surface area contributed by atoms with E-state index in [1.807, 2.05) is 0 Å². The van der Waals surface area contributed by atoms with Gasteiger partial charge in [0.1, 0.15) is 6.10 Å². The van der Waals surface area contributed by atoms with Crippen LogP contribution in [-0.2, 0) is 14.2 Å². The van der Waals surface area contributed by atoms with E-state index in [2.05, 4.69) is 4.74 Å². The van der Waals surface area contributed by atoms with Crippen LogP contribution in [0.3, 0.4) is 0 Å². The molecule has 0 aromatic rings. The van der Waals surface area contributed by atoms with Gasteiger partial charge in [-0.3, -0.25) is 0 Å². The maximum absolute atomic E-state index is 10.7. The van der Waals surface area contributed by atoms with E-state index in [1.165, 1.54) is 0 Å². The van der Waals surface area contributed by atoms with Gasteiger partial charge in [-0.05, 0) is 0 Å². The van der Waals surface area contributed by atoms with E-state index in [9.17, 15) is 4.79 Å². The highest BCUT2D eigenvalue weighted by Gasteiger charge is 2.18. The molecular formula is C7H11ClO4. The third-order valence-corrected chi connectivity index (χ3v) is 1.71. The van der Waals surface area contributed by atoms with Crippen molar-refractivity contribution in [2.24, 2.45) is 0 Å². The van der Waals surface area contributed by atoms with Crippen LogP contribution in [-0.4, -0.2) is 31.5 Å². The van der Waals surface area contributed by atoms with Gasteiger partial charge in [0.05, 0.1) is 13.2 Å². The van der Waals surface area contributed by atoms with Crippen LogP contribution in [0.4, 0.5) is 4.79 Å². The van der Waals surface area contributed by atoms with Crippen molar-refractivity contribution in [3.8, 4) is 0 Å². The summed E-state index contributed by atoms with van der Waals surface area (Å²) in [6.07, 6.45) is 0.695. The van der Waals surface area contributed by atoms with Gasteiger partial charge in [-0.25, -0.2) is 4.79 Å². The molecule has 0 aliphatic carbocycles. The standard InChI is InChI=1S/C7H11ClO4/c8-5-11-7(9)12-6-1-3-10-4-2-6/h6H,1-5H2. The minimum atomic E-state index is -0.697. The Labute approximate surface area is 75.7 Å². The van der Waals surface area contributed by atoms with Gasteiger partial charge >= 0.3 is 6.16 Å². The van der Waals surface area contributed by atoms with E-state index in [-0.39, 0.29) is 12.2 Å². The molecule has 0 atom stereocenters. The Balaban J connectivity index is 2.15. The number of carbonyl (C=O) groups is 1. The highest BCUT2D eigenvalue weighted by atomic mass is 35.5. The van der Waals surface area contributed by atoms with Gasteiger partial charge in [0, 0.05) is 12.8 Å². The Kier molecular flexibility index (Phi) is 4.18. The van der Waals surface area contributed by atoms with Crippen molar-refractivity contribution < 1.29 is 19.0 Å². The van der Waals surface area contributed by atoms with Gasteiger partial charge in [-0.1, -0.05) is 11.6 Å². The number of carbonyl (C=O) groups excluding carboxylic acids is 1. The second-order valence-electron chi connectivity index (χ2n) is 2.43. The fourth-order valence-electron chi connectivity index (χ4n) is 1.01. The number of rotatable bonds is 2. The molecule has 1 rings (SSSR count). The predicted molar refractivity (Wildman–Crippen MR) is 42.1 cm³/mol. The zero-order valence-electron chi connectivity index (χ0n) is 6.62. The number of ether oxygens (including phenoxy) is 3. The average Bonchev–Trinajstić information content (AvgIpc) is 2.06. The lowest BCUT2D eigenvalue weighted by molar-refractivity contribution is -0.0234. The van der Waals surface area contributed by atoms with Crippen LogP contribution in [0, 0.1) is 0 Å². The lowest BCUT2D eigenvalue weighted by Gasteiger charge is -2.21. The lowest BCUT2D eigenvalue weighted by atomic mass is 10.2. The van der Waals surface area contributed by atoms with Gasteiger partial charge in [-0.15, -0.1) is 0 Å². The number of hydrogen-bond donors (Lipinski definition) is 0. The molecule has 0 amide bonds. The first-order chi connectivity index (χ1) is 5.83. The summed E-state index contributed by atoms with van der Waals surface area (Å²) in [6.45, 7) is 1.28. The van der Waals surface area contributed by atoms with Crippen molar-refractivity contribution in [3.05, 3.63) is 0 Å². The molecule has 0 aromatic carbocycles. The van der Waals surface area contributed by atoms with Gasteiger partial charge in [0.15, 0.2) is 6.07 Å². The summed E-state index contributed by atoms with van der Waals surface area (Å²) in [4.78, 5) is 10.7. The molecule has 0 aromatic heterocycles. The fourth-order valence-corrected chi connectivity index (χ4v) is 1.10.